The summed E-state index contributed by atoms with van der Waals surface area (Å²) in [5.74, 6) is 1.79. The molecule has 1 nitrogen and oxygen atoms in total. The first-order valence-corrected chi connectivity index (χ1v) is 5.65. The van der Waals surface area contributed by atoms with Gasteiger partial charge in [-0.1, -0.05) is 50.2 Å². The molecule has 0 N–H and O–H groups in total. The second-order valence-corrected chi connectivity index (χ2v) is 3.18. The fourth-order valence-corrected chi connectivity index (χ4v) is 1.29. The summed E-state index contributed by atoms with van der Waals surface area (Å²) in [6.45, 7) is 6.04. The van der Waals surface area contributed by atoms with Crippen LogP contribution in [0.15, 0.2) is 54.6 Å². The monoisotopic (exact) mass is 214 g/mol. The van der Waals surface area contributed by atoms with Gasteiger partial charge in [0.1, 0.15) is 11.5 Å². The molecule has 0 aliphatic carbocycles. The van der Waals surface area contributed by atoms with Crippen molar-refractivity contribution >= 4 is 0 Å². The molecule has 84 valence electrons. The predicted octanol–water partition coefficient (Wildman–Crippen LogP) is 4.81. The number of ether oxygens (including phenoxy) is 1. The maximum Gasteiger partial charge on any atom is 0.130 e. The predicted molar refractivity (Wildman–Crippen MR) is 69.0 cm³/mol. The minimum absolute atomic E-state index is 0.877. The van der Waals surface area contributed by atoms with Gasteiger partial charge in [0.25, 0.3) is 0 Å². The molecule has 1 heteroatoms. The van der Waals surface area contributed by atoms with Crippen LogP contribution in [0.5, 0.6) is 11.5 Å². The van der Waals surface area contributed by atoms with Crippen LogP contribution < -0.4 is 4.74 Å². The molecule has 0 bridgehead atoms. The van der Waals surface area contributed by atoms with E-state index in [1.165, 1.54) is 0 Å². The van der Waals surface area contributed by atoms with Gasteiger partial charge in [-0.25, -0.2) is 0 Å². The zero-order valence-electron chi connectivity index (χ0n) is 10.1. The van der Waals surface area contributed by atoms with Crippen LogP contribution in [0.1, 0.15) is 19.4 Å². The van der Waals surface area contributed by atoms with E-state index in [1.54, 1.807) is 0 Å². The van der Waals surface area contributed by atoms with E-state index in [4.69, 9.17) is 4.74 Å². The van der Waals surface area contributed by atoms with Gasteiger partial charge < -0.3 is 4.74 Å². The molecule has 0 spiro atoms. The van der Waals surface area contributed by atoms with E-state index in [1.807, 2.05) is 75.4 Å². The van der Waals surface area contributed by atoms with Gasteiger partial charge in [0.05, 0.1) is 0 Å². The van der Waals surface area contributed by atoms with Crippen LogP contribution in [0.25, 0.3) is 0 Å². The Labute approximate surface area is 97.7 Å². The average Bonchev–Trinajstić information content (AvgIpc) is 2.36. The topological polar surface area (TPSA) is 9.23 Å². The van der Waals surface area contributed by atoms with Gasteiger partial charge >= 0.3 is 0 Å². The molecule has 2 aromatic rings. The molecule has 2 aromatic carbocycles. The van der Waals surface area contributed by atoms with Crippen LogP contribution in [-0.2, 0) is 0 Å². The Morgan fingerprint density at radius 3 is 1.94 bits per heavy atom. The van der Waals surface area contributed by atoms with Crippen LogP contribution in [0.3, 0.4) is 0 Å². The zero-order valence-corrected chi connectivity index (χ0v) is 10.1. The Hall–Kier alpha value is -1.76. The lowest BCUT2D eigenvalue weighted by molar-refractivity contribution is 0.479. The van der Waals surface area contributed by atoms with E-state index in [-0.39, 0.29) is 0 Å². The molecular formula is C15H18O. The van der Waals surface area contributed by atoms with Gasteiger partial charge in [-0.05, 0) is 30.7 Å². The third-order valence-corrected chi connectivity index (χ3v) is 2.06. The van der Waals surface area contributed by atoms with E-state index in [0.29, 0.717) is 0 Å². The minimum atomic E-state index is 0.877. The average molecular weight is 214 g/mol. The summed E-state index contributed by atoms with van der Waals surface area (Å²) in [4.78, 5) is 0. The second kappa shape index (κ2) is 6.67. The molecule has 0 saturated heterocycles. The molecule has 0 amide bonds. The van der Waals surface area contributed by atoms with Gasteiger partial charge in [-0.3, -0.25) is 0 Å². The molecule has 0 unspecified atom stereocenters. The van der Waals surface area contributed by atoms with Gasteiger partial charge in [0.15, 0.2) is 0 Å². The summed E-state index contributed by atoms with van der Waals surface area (Å²) < 4.78 is 5.71. The van der Waals surface area contributed by atoms with Gasteiger partial charge in [-0.2, -0.15) is 0 Å². The van der Waals surface area contributed by atoms with Crippen LogP contribution in [0, 0.1) is 6.92 Å². The summed E-state index contributed by atoms with van der Waals surface area (Å²) in [5.41, 5.74) is 1.15. The molecule has 0 aliphatic heterocycles. The van der Waals surface area contributed by atoms with Crippen LogP contribution in [0.2, 0.25) is 0 Å². The van der Waals surface area contributed by atoms with E-state index >= 15 is 0 Å². The lowest BCUT2D eigenvalue weighted by Crippen LogP contribution is -1.85. The molecule has 0 atom stereocenters. The smallest absolute Gasteiger partial charge is 0.130 e. The quantitative estimate of drug-likeness (QED) is 0.696. The molecule has 0 saturated carbocycles. The molecule has 0 radical (unpaired) electrons. The molecule has 16 heavy (non-hydrogen) atoms. The Kier molecular flexibility index (Phi) is 5.13. The van der Waals surface area contributed by atoms with Crippen LogP contribution in [-0.4, -0.2) is 0 Å². The Bertz CT molecular complexity index is 407. The highest BCUT2D eigenvalue weighted by Crippen LogP contribution is 2.23. The maximum absolute atomic E-state index is 5.71. The standard InChI is InChI=1S/C13H12O.C2H6/c1-11-7-5-6-10-13(11)14-12-8-3-2-4-9-12;1-2/h2-10H,1H3;1-2H3. The van der Waals surface area contributed by atoms with Crippen molar-refractivity contribution < 1.29 is 4.74 Å². The highest BCUT2D eigenvalue weighted by Gasteiger charge is 1.98. The van der Waals surface area contributed by atoms with Gasteiger partial charge in [0, 0.05) is 0 Å². The van der Waals surface area contributed by atoms with E-state index < -0.39 is 0 Å². The molecule has 0 heterocycles. The maximum atomic E-state index is 5.71. The lowest BCUT2D eigenvalue weighted by atomic mass is 10.2. The van der Waals surface area contributed by atoms with Crippen LogP contribution in [0.4, 0.5) is 0 Å². The Morgan fingerprint density at radius 1 is 0.750 bits per heavy atom. The molecule has 0 fully saturated rings. The summed E-state index contributed by atoms with van der Waals surface area (Å²) in [5, 5.41) is 0. The van der Waals surface area contributed by atoms with Crippen molar-refractivity contribution in [1.29, 1.82) is 0 Å². The normalized spacial score (nSPS) is 8.94. The number of para-hydroxylation sites is 2. The first kappa shape index (κ1) is 12.3. The minimum Gasteiger partial charge on any atom is -0.457 e. The van der Waals surface area contributed by atoms with E-state index in [0.717, 1.165) is 17.1 Å². The first-order valence-electron chi connectivity index (χ1n) is 5.65. The van der Waals surface area contributed by atoms with Crippen LogP contribution >= 0.6 is 0 Å². The number of rotatable bonds is 2. The van der Waals surface area contributed by atoms with Gasteiger partial charge in [0.2, 0.25) is 0 Å². The Morgan fingerprint density at radius 2 is 1.31 bits per heavy atom. The van der Waals surface area contributed by atoms with Crippen molar-refractivity contribution in [3.05, 3.63) is 60.2 Å². The van der Waals surface area contributed by atoms with Crippen molar-refractivity contribution in [2.75, 3.05) is 0 Å². The van der Waals surface area contributed by atoms with Crippen molar-refractivity contribution in [1.82, 2.24) is 0 Å². The summed E-state index contributed by atoms with van der Waals surface area (Å²) in [7, 11) is 0. The number of aryl methyl sites for hydroxylation is 1. The molecule has 2 rings (SSSR count). The molecule has 0 aliphatic rings. The largest absolute Gasteiger partial charge is 0.457 e. The fraction of sp³-hybridized carbons (Fsp3) is 0.200. The fourth-order valence-electron chi connectivity index (χ4n) is 1.29. The van der Waals surface area contributed by atoms with Crippen molar-refractivity contribution in [3.63, 3.8) is 0 Å². The lowest BCUT2D eigenvalue weighted by Gasteiger charge is -2.07. The highest BCUT2D eigenvalue weighted by atomic mass is 16.5. The third-order valence-electron chi connectivity index (χ3n) is 2.06. The molecular weight excluding hydrogens is 196 g/mol. The van der Waals surface area contributed by atoms with Crippen molar-refractivity contribution in [3.8, 4) is 11.5 Å². The van der Waals surface area contributed by atoms with E-state index in [9.17, 15) is 0 Å². The summed E-state index contributed by atoms with van der Waals surface area (Å²) >= 11 is 0. The number of benzene rings is 2. The zero-order chi connectivity index (χ0) is 11.8. The van der Waals surface area contributed by atoms with Gasteiger partial charge in [-0.15, -0.1) is 0 Å². The third kappa shape index (κ3) is 3.43. The van der Waals surface area contributed by atoms with Crippen molar-refractivity contribution in [2.45, 2.75) is 20.8 Å². The SMILES string of the molecule is CC.Cc1ccccc1Oc1ccccc1. The number of hydrogen-bond donors (Lipinski definition) is 0. The second-order valence-electron chi connectivity index (χ2n) is 3.18. The van der Waals surface area contributed by atoms with E-state index in [2.05, 4.69) is 0 Å². The summed E-state index contributed by atoms with van der Waals surface area (Å²) in [6, 6.07) is 17.8. The Balaban J connectivity index is 0.000000606. The molecule has 0 aromatic heterocycles. The number of hydrogen-bond acceptors (Lipinski definition) is 1. The van der Waals surface area contributed by atoms with Crippen molar-refractivity contribution in [2.24, 2.45) is 0 Å². The first-order chi connectivity index (χ1) is 7.86. The summed E-state index contributed by atoms with van der Waals surface area (Å²) in [6.07, 6.45) is 0. The highest BCUT2D eigenvalue weighted by molar-refractivity contribution is 5.36.